The maximum absolute atomic E-state index is 12.0. The van der Waals surface area contributed by atoms with Crippen LogP contribution >= 0.6 is 0 Å². The summed E-state index contributed by atoms with van der Waals surface area (Å²) in [6.07, 6.45) is -4.88. The fraction of sp³-hybridized carbons (Fsp3) is 0.250. The lowest BCUT2D eigenvalue weighted by atomic mass is 10.2. The number of rotatable bonds is 3. The number of alkyl halides is 3. The Labute approximate surface area is 92.2 Å². The van der Waals surface area contributed by atoms with Crippen molar-refractivity contribution in [3.63, 3.8) is 0 Å². The Morgan fingerprint density at radius 3 is 2.53 bits per heavy atom. The molecule has 0 saturated carbocycles. The molecular weight excluding hydrogens is 245 g/mol. The van der Waals surface area contributed by atoms with Crippen molar-refractivity contribution in [1.82, 2.24) is 4.98 Å². The number of pyridine rings is 1. The number of hydrogen-bond acceptors (Lipinski definition) is 5. The number of nitrogens with zero attached hydrogens (tertiary/aromatic N) is 2. The van der Waals surface area contributed by atoms with Crippen LogP contribution in [0, 0.1) is 17.0 Å². The lowest BCUT2D eigenvalue weighted by molar-refractivity contribution is -0.388. The molecule has 0 aromatic carbocycles. The average Bonchev–Trinajstić information content (AvgIpc) is 2.18. The van der Waals surface area contributed by atoms with Gasteiger partial charge in [0.1, 0.15) is 5.69 Å². The first-order valence-corrected chi connectivity index (χ1v) is 4.11. The molecule has 0 aliphatic rings. The minimum Gasteiger partial charge on any atom is -0.396 e. The van der Waals surface area contributed by atoms with Gasteiger partial charge in [-0.1, -0.05) is 0 Å². The number of aromatic nitrogens is 1. The van der Waals surface area contributed by atoms with Crippen LogP contribution in [0.2, 0.25) is 0 Å². The van der Waals surface area contributed by atoms with Crippen LogP contribution in [0.1, 0.15) is 16.2 Å². The van der Waals surface area contributed by atoms with E-state index in [0.717, 1.165) is 6.92 Å². The Bertz CT molecular complexity index is 473. The molecule has 1 aromatic heterocycles. The smallest absolute Gasteiger partial charge is 0.396 e. The molecule has 0 saturated heterocycles. The summed E-state index contributed by atoms with van der Waals surface area (Å²) in [6.45, 7) is 1.07. The Morgan fingerprint density at radius 2 is 2.12 bits per heavy atom. The zero-order chi connectivity index (χ0) is 13.2. The number of hydrogen-bond donors (Lipinski definition) is 0. The van der Waals surface area contributed by atoms with Crippen LogP contribution in [0.25, 0.3) is 0 Å². The standard InChI is InChI=1S/C8H5F3N2O4/c1-4-7(17-8(9,10)11)6(13(15)16)2-5(3-14)12-4/h2-3H,1H3. The van der Waals surface area contributed by atoms with Crippen molar-refractivity contribution in [1.29, 1.82) is 0 Å². The van der Waals surface area contributed by atoms with E-state index in [4.69, 9.17) is 0 Å². The highest BCUT2D eigenvalue weighted by molar-refractivity contribution is 5.74. The molecule has 92 valence electrons. The van der Waals surface area contributed by atoms with Crippen molar-refractivity contribution < 1.29 is 27.6 Å². The molecule has 0 radical (unpaired) electrons. The van der Waals surface area contributed by atoms with Gasteiger partial charge in [0, 0.05) is 6.07 Å². The summed E-state index contributed by atoms with van der Waals surface area (Å²) < 4.78 is 39.5. The van der Waals surface area contributed by atoms with Crippen LogP contribution < -0.4 is 4.74 Å². The summed E-state index contributed by atoms with van der Waals surface area (Å²) in [5.41, 5.74) is -1.70. The lowest BCUT2D eigenvalue weighted by Gasteiger charge is -2.11. The second-order valence-corrected chi connectivity index (χ2v) is 2.90. The maximum atomic E-state index is 12.0. The first-order valence-electron chi connectivity index (χ1n) is 4.11. The number of aryl methyl sites for hydroxylation is 1. The summed E-state index contributed by atoms with van der Waals surface area (Å²) in [6, 6.07) is 0.612. The second kappa shape index (κ2) is 4.36. The van der Waals surface area contributed by atoms with Gasteiger partial charge >= 0.3 is 12.0 Å². The molecule has 0 spiro atoms. The molecule has 1 rings (SSSR count). The number of aldehydes is 1. The van der Waals surface area contributed by atoms with Gasteiger partial charge in [0.05, 0.1) is 10.6 Å². The van der Waals surface area contributed by atoms with Gasteiger partial charge in [-0.2, -0.15) is 0 Å². The summed E-state index contributed by atoms with van der Waals surface area (Å²) in [7, 11) is 0. The number of carbonyl (C=O) groups is 1. The zero-order valence-corrected chi connectivity index (χ0v) is 8.32. The third kappa shape index (κ3) is 3.13. The molecule has 17 heavy (non-hydrogen) atoms. The second-order valence-electron chi connectivity index (χ2n) is 2.90. The topological polar surface area (TPSA) is 82.3 Å². The summed E-state index contributed by atoms with van der Waals surface area (Å²) in [5.74, 6) is -1.02. The van der Waals surface area contributed by atoms with Crippen molar-refractivity contribution >= 4 is 12.0 Å². The normalized spacial score (nSPS) is 11.1. The van der Waals surface area contributed by atoms with E-state index in [0.29, 0.717) is 6.07 Å². The summed E-state index contributed by atoms with van der Waals surface area (Å²) in [4.78, 5) is 23.3. The van der Waals surface area contributed by atoms with Gasteiger partial charge in [0.15, 0.2) is 6.29 Å². The van der Waals surface area contributed by atoms with Gasteiger partial charge in [0.25, 0.3) is 0 Å². The summed E-state index contributed by atoms with van der Waals surface area (Å²) in [5, 5.41) is 10.5. The van der Waals surface area contributed by atoms with Gasteiger partial charge < -0.3 is 4.74 Å². The fourth-order valence-corrected chi connectivity index (χ4v) is 1.11. The van der Waals surface area contributed by atoms with Crippen LogP contribution in [-0.4, -0.2) is 22.6 Å². The highest BCUT2D eigenvalue weighted by Crippen LogP contribution is 2.34. The van der Waals surface area contributed by atoms with Crippen molar-refractivity contribution in [2.24, 2.45) is 0 Å². The zero-order valence-electron chi connectivity index (χ0n) is 8.32. The average molecular weight is 250 g/mol. The third-order valence-electron chi connectivity index (χ3n) is 1.68. The predicted octanol–water partition coefficient (Wildman–Crippen LogP) is 2.01. The highest BCUT2D eigenvalue weighted by atomic mass is 19.4. The van der Waals surface area contributed by atoms with E-state index >= 15 is 0 Å². The van der Waals surface area contributed by atoms with Crippen molar-refractivity contribution in [2.45, 2.75) is 13.3 Å². The van der Waals surface area contributed by atoms with Crippen molar-refractivity contribution in [3.8, 4) is 5.75 Å². The molecule has 0 aliphatic carbocycles. The fourth-order valence-electron chi connectivity index (χ4n) is 1.11. The minimum absolute atomic E-state index is 0.192. The van der Waals surface area contributed by atoms with Crippen LogP contribution in [0.3, 0.4) is 0 Å². The van der Waals surface area contributed by atoms with E-state index < -0.39 is 28.4 Å². The Kier molecular flexibility index (Phi) is 3.30. The molecule has 0 amide bonds. The van der Waals surface area contributed by atoms with Gasteiger partial charge in [-0.3, -0.25) is 14.9 Å². The number of halogens is 3. The van der Waals surface area contributed by atoms with E-state index in [1.807, 2.05) is 0 Å². The van der Waals surface area contributed by atoms with E-state index in [1.54, 1.807) is 0 Å². The highest BCUT2D eigenvalue weighted by Gasteiger charge is 2.36. The molecule has 1 aromatic rings. The first-order chi connectivity index (χ1) is 7.74. The molecule has 6 nitrogen and oxygen atoms in total. The Balaban J connectivity index is 3.36. The van der Waals surface area contributed by atoms with E-state index in [-0.39, 0.29) is 12.0 Å². The quantitative estimate of drug-likeness (QED) is 0.465. The monoisotopic (exact) mass is 250 g/mol. The number of nitro groups is 1. The number of ether oxygens (including phenoxy) is 1. The molecule has 1 heterocycles. The molecule has 0 unspecified atom stereocenters. The predicted molar refractivity (Wildman–Crippen MR) is 47.7 cm³/mol. The van der Waals surface area contributed by atoms with Crippen molar-refractivity contribution in [2.75, 3.05) is 0 Å². The number of carbonyl (C=O) groups excluding carboxylic acids is 1. The SMILES string of the molecule is Cc1nc(C=O)cc([N+](=O)[O-])c1OC(F)(F)F. The van der Waals surface area contributed by atoms with Crippen molar-refractivity contribution in [3.05, 3.63) is 27.6 Å². The van der Waals surface area contributed by atoms with Crippen LogP contribution in [0.4, 0.5) is 18.9 Å². The molecule has 0 atom stereocenters. The maximum Gasteiger partial charge on any atom is 0.573 e. The van der Waals surface area contributed by atoms with Crippen LogP contribution in [0.5, 0.6) is 5.75 Å². The Morgan fingerprint density at radius 1 is 1.53 bits per heavy atom. The van der Waals surface area contributed by atoms with Gasteiger partial charge in [-0.15, -0.1) is 13.2 Å². The third-order valence-corrected chi connectivity index (χ3v) is 1.68. The Hall–Kier alpha value is -2.19. The molecule has 0 aliphatic heterocycles. The summed E-state index contributed by atoms with van der Waals surface area (Å²) >= 11 is 0. The van der Waals surface area contributed by atoms with Crippen LogP contribution in [0.15, 0.2) is 6.07 Å². The van der Waals surface area contributed by atoms with E-state index in [1.165, 1.54) is 0 Å². The lowest BCUT2D eigenvalue weighted by Crippen LogP contribution is -2.19. The minimum atomic E-state index is -5.07. The van der Waals surface area contributed by atoms with Gasteiger partial charge in [0.2, 0.25) is 5.75 Å². The molecular formula is C8H5F3N2O4. The van der Waals surface area contributed by atoms with Gasteiger partial charge in [-0.25, -0.2) is 4.98 Å². The van der Waals surface area contributed by atoms with E-state index in [2.05, 4.69) is 9.72 Å². The first kappa shape index (κ1) is 12.9. The molecule has 0 fully saturated rings. The molecule has 9 heteroatoms. The largest absolute Gasteiger partial charge is 0.573 e. The molecule has 0 N–H and O–H groups in total. The molecule has 0 bridgehead atoms. The van der Waals surface area contributed by atoms with E-state index in [9.17, 15) is 28.1 Å². The van der Waals surface area contributed by atoms with Crippen LogP contribution in [-0.2, 0) is 0 Å². The van der Waals surface area contributed by atoms with Gasteiger partial charge in [-0.05, 0) is 6.92 Å².